The molecule has 0 bridgehead atoms. The maximum Gasteiger partial charge on any atom is 0.179 e. The van der Waals surface area contributed by atoms with Gasteiger partial charge in [0.25, 0.3) is 0 Å². The molecule has 2 nitrogen and oxygen atoms in total. The van der Waals surface area contributed by atoms with Gasteiger partial charge in [-0.2, -0.15) is 0 Å². The number of hydrogen-bond donors (Lipinski definition) is 0. The normalized spacial score (nSPS) is 11.8. The van der Waals surface area contributed by atoms with Crippen molar-refractivity contribution in [3.63, 3.8) is 0 Å². The Morgan fingerprint density at radius 3 is 1.33 bits per heavy atom. The van der Waals surface area contributed by atoms with Gasteiger partial charge in [-0.25, -0.2) is 0 Å². The van der Waals surface area contributed by atoms with Crippen molar-refractivity contribution in [2.24, 2.45) is 0 Å². The molecule has 0 atom stereocenters. The van der Waals surface area contributed by atoms with Crippen molar-refractivity contribution in [2.45, 2.75) is 0 Å². The highest BCUT2D eigenvalue weighted by molar-refractivity contribution is 7.20. The molecule has 0 saturated heterocycles. The molecule has 0 saturated carbocycles. The van der Waals surface area contributed by atoms with E-state index in [1.54, 1.807) is 0 Å². The molecule has 0 radical (unpaired) electrons. The second-order valence-corrected chi connectivity index (χ2v) is 20.3. The van der Waals surface area contributed by atoms with Crippen molar-refractivity contribution in [2.75, 3.05) is 0 Å². The molecular formula is C60H42N2Si. The first-order chi connectivity index (χ1) is 31.3. The van der Waals surface area contributed by atoms with E-state index in [-0.39, 0.29) is 0 Å². The zero-order valence-corrected chi connectivity index (χ0v) is 35.6. The third kappa shape index (κ3) is 5.93. The van der Waals surface area contributed by atoms with Crippen LogP contribution in [0.2, 0.25) is 0 Å². The zero-order chi connectivity index (χ0) is 41.7. The monoisotopic (exact) mass is 818 g/mol. The van der Waals surface area contributed by atoms with Crippen molar-refractivity contribution in [1.29, 1.82) is 0 Å². The van der Waals surface area contributed by atoms with E-state index in [1.165, 1.54) is 86.6 Å². The Kier molecular flexibility index (Phi) is 8.87. The van der Waals surface area contributed by atoms with Crippen molar-refractivity contribution >= 4 is 72.4 Å². The van der Waals surface area contributed by atoms with Crippen molar-refractivity contribution in [3.8, 4) is 33.6 Å². The van der Waals surface area contributed by atoms with Crippen LogP contribution in [-0.4, -0.2) is 17.2 Å². The van der Waals surface area contributed by atoms with Gasteiger partial charge in [0.2, 0.25) is 0 Å². The van der Waals surface area contributed by atoms with Crippen LogP contribution < -0.4 is 20.7 Å². The van der Waals surface area contributed by atoms with E-state index in [2.05, 4.69) is 264 Å². The van der Waals surface area contributed by atoms with Crippen LogP contribution >= 0.6 is 0 Å². The van der Waals surface area contributed by atoms with Gasteiger partial charge >= 0.3 is 0 Å². The predicted octanol–water partition coefficient (Wildman–Crippen LogP) is 12.6. The number of benzene rings is 10. The van der Waals surface area contributed by atoms with Gasteiger partial charge in [0.15, 0.2) is 8.07 Å². The van der Waals surface area contributed by atoms with E-state index < -0.39 is 8.07 Å². The highest BCUT2D eigenvalue weighted by Gasteiger charge is 2.41. The quantitative estimate of drug-likeness (QED) is 0.107. The van der Waals surface area contributed by atoms with Gasteiger partial charge in [-0.05, 0) is 73.8 Å². The summed E-state index contributed by atoms with van der Waals surface area (Å²) in [4.78, 5) is 0. The molecule has 296 valence electrons. The number of para-hydroxylation sites is 2. The fourth-order valence-electron chi connectivity index (χ4n) is 10.3. The van der Waals surface area contributed by atoms with Gasteiger partial charge in [-0.3, -0.25) is 0 Å². The molecule has 0 aliphatic carbocycles. The Bertz CT molecular complexity index is 3500. The molecule has 63 heavy (non-hydrogen) atoms. The Hall–Kier alpha value is -7.98. The smallest absolute Gasteiger partial charge is 0.179 e. The Morgan fingerprint density at radius 2 is 0.730 bits per heavy atom. The second kappa shape index (κ2) is 15.2. The van der Waals surface area contributed by atoms with Crippen molar-refractivity contribution in [1.82, 2.24) is 9.13 Å². The van der Waals surface area contributed by atoms with E-state index in [0.717, 1.165) is 11.4 Å². The fraction of sp³-hybridized carbons (Fsp3) is 0. The second-order valence-electron chi connectivity index (χ2n) is 16.5. The molecule has 12 rings (SSSR count). The average molecular weight is 819 g/mol. The van der Waals surface area contributed by atoms with E-state index in [4.69, 9.17) is 0 Å². The van der Waals surface area contributed by atoms with Gasteiger partial charge in [0.05, 0.1) is 27.8 Å². The molecule has 0 unspecified atom stereocenters. The van der Waals surface area contributed by atoms with Crippen molar-refractivity contribution in [3.05, 3.63) is 255 Å². The van der Waals surface area contributed by atoms with Crippen molar-refractivity contribution < 1.29 is 0 Å². The first-order valence-corrected chi connectivity index (χ1v) is 23.8. The summed E-state index contributed by atoms with van der Waals surface area (Å²) >= 11 is 0. The Balaban J connectivity index is 1.12. The van der Waals surface area contributed by atoms with E-state index in [1.807, 2.05) is 0 Å². The van der Waals surface area contributed by atoms with E-state index >= 15 is 0 Å². The van der Waals surface area contributed by atoms with Gasteiger partial charge < -0.3 is 9.13 Å². The van der Waals surface area contributed by atoms with Gasteiger partial charge in [0.1, 0.15) is 0 Å². The highest BCUT2D eigenvalue weighted by atomic mass is 28.3. The molecule has 0 fully saturated rings. The van der Waals surface area contributed by atoms with Crippen LogP contribution in [0.25, 0.3) is 77.2 Å². The first-order valence-electron chi connectivity index (χ1n) is 21.8. The summed E-state index contributed by atoms with van der Waals surface area (Å²) in [5, 5.41) is 10.4. The minimum atomic E-state index is -2.75. The van der Waals surface area contributed by atoms with Gasteiger partial charge in [-0.1, -0.05) is 218 Å². The third-order valence-corrected chi connectivity index (χ3v) is 17.8. The number of aromatic nitrogens is 2. The molecule has 12 aromatic rings. The topological polar surface area (TPSA) is 9.86 Å². The van der Waals surface area contributed by atoms with Crippen LogP contribution in [0.3, 0.4) is 0 Å². The zero-order valence-electron chi connectivity index (χ0n) is 34.6. The Labute approximate surface area is 368 Å². The predicted molar refractivity (Wildman–Crippen MR) is 270 cm³/mol. The van der Waals surface area contributed by atoms with Gasteiger partial charge in [0, 0.05) is 32.8 Å². The summed E-state index contributed by atoms with van der Waals surface area (Å²) < 4.78 is 4.97. The molecule has 0 spiro atoms. The van der Waals surface area contributed by atoms with E-state index in [0.29, 0.717) is 0 Å². The summed E-state index contributed by atoms with van der Waals surface area (Å²) in [5.41, 5.74) is 11.8. The van der Waals surface area contributed by atoms with Crippen LogP contribution in [0.15, 0.2) is 255 Å². The lowest BCUT2D eigenvalue weighted by Gasteiger charge is -2.34. The lowest BCUT2D eigenvalue weighted by molar-refractivity contribution is 1.16. The molecule has 0 aliphatic rings. The maximum atomic E-state index is 2.52. The third-order valence-electron chi connectivity index (χ3n) is 13.1. The van der Waals surface area contributed by atoms with Crippen LogP contribution in [0.1, 0.15) is 0 Å². The van der Waals surface area contributed by atoms with Crippen LogP contribution in [-0.2, 0) is 0 Å². The molecular weight excluding hydrogens is 777 g/mol. The maximum absolute atomic E-state index is 2.75. The van der Waals surface area contributed by atoms with Crippen LogP contribution in [0, 0.1) is 0 Å². The molecule has 0 aliphatic heterocycles. The summed E-state index contributed by atoms with van der Waals surface area (Å²) in [5.74, 6) is 0. The fourth-order valence-corrected chi connectivity index (χ4v) is 15.1. The number of fused-ring (bicyclic) bond motifs is 6. The van der Waals surface area contributed by atoms with Gasteiger partial charge in [-0.15, -0.1) is 0 Å². The minimum absolute atomic E-state index is 1.13. The molecule has 0 N–H and O–H groups in total. The number of rotatable bonds is 8. The summed E-state index contributed by atoms with van der Waals surface area (Å²) in [7, 11) is -2.75. The summed E-state index contributed by atoms with van der Waals surface area (Å²) in [6, 6.07) is 94.3. The molecule has 2 heterocycles. The lowest BCUT2D eigenvalue weighted by Crippen LogP contribution is -2.74. The highest BCUT2D eigenvalue weighted by Crippen LogP contribution is 2.40. The summed E-state index contributed by atoms with van der Waals surface area (Å²) in [6.45, 7) is 0. The summed E-state index contributed by atoms with van der Waals surface area (Å²) in [6.07, 6.45) is 0. The molecule has 10 aromatic carbocycles. The average Bonchev–Trinajstić information content (AvgIpc) is 3.88. The first kappa shape index (κ1) is 36.8. The Morgan fingerprint density at radius 1 is 0.254 bits per heavy atom. The van der Waals surface area contributed by atoms with Crippen LogP contribution in [0.5, 0.6) is 0 Å². The number of hydrogen-bond acceptors (Lipinski definition) is 0. The molecule has 0 amide bonds. The lowest BCUT2D eigenvalue weighted by atomic mass is 9.98. The standard InChI is InChI=1S/C60H42N2Si/c1-6-20-43(21-7-1)45-34-37-51(44-22-8-2-9-23-44)59(40-45)62-57-33-19-16-30-52(57)54-38-35-46(41-60(54)62)61-56-32-18-17-31-53(56)55-42-50(36-39-58(55)61)63(47-24-10-3-11-25-47,48-26-12-4-13-27-48)49-28-14-5-15-29-49/h1-42H. The van der Waals surface area contributed by atoms with Crippen LogP contribution in [0.4, 0.5) is 0 Å². The minimum Gasteiger partial charge on any atom is -0.309 e. The molecule has 2 aromatic heterocycles. The largest absolute Gasteiger partial charge is 0.309 e. The number of nitrogens with zero attached hydrogens (tertiary/aromatic N) is 2. The van der Waals surface area contributed by atoms with E-state index in [9.17, 15) is 0 Å². The SMILES string of the molecule is c1ccc(-c2ccc(-c3ccccc3)c(-n3c4ccccc4c4ccc(-n5c6ccccc6c6cc([Si](c7ccccc7)(c7ccccc7)c7ccccc7)ccc65)cc43)c2)cc1. The molecule has 3 heteroatoms.